The molecule has 4 nitrogen and oxygen atoms in total. The maximum atomic E-state index is 12.4. The van der Waals surface area contributed by atoms with Crippen LogP contribution in [-0.4, -0.2) is 12.5 Å². The minimum atomic E-state index is -0.264. The Kier molecular flexibility index (Phi) is 3.62. The number of hydrogen-bond acceptors (Lipinski definition) is 3. The van der Waals surface area contributed by atoms with Crippen molar-refractivity contribution in [2.45, 2.75) is 18.9 Å². The molecule has 21 heavy (non-hydrogen) atoms. The van der Waals surface area contributed by atoms with Gasteiger partial charge in [0.05, 0.1) is 0 Å². The molecule has 2 atom stereocenters. The van der Waals surface area contributed by atoms with Gasteiger partial charge in [0.2, 0.25) is 5.91 Å². The summed E-state index contributed by atoms with van der Waals surface area (Å²) >= 11 is 0. The van der Waals surface area contributed by atoms with Crippen LogP contribution in [-0.2, 0) is 4.79 Å². The number of amides is 1. The zero-order valence-electron chi connectivity index (χ0n) is 11.9. The molecule has 0 radical (unpaired) electrons. The Morgan fingerprint density at radius 2 is 2.10 bits per heavy atom. The molecule has 0 saturated heterocycles. The highest BCUT2D eigenvalue weighted by atomic mass is 16.5. The third-order valence-corrected chi connectivity index (χ3v) is 3.70. The topological polar surface area (TPSA) is 64.3 Å². The predicted molar refractivity (Wildman–Crippen MR) is 82.4 cm³/mol. The van der Waals surface area contributed by atoms with Gasteiger partial charge in [0.1, 0.15) is 18.3 Å². The van der Waals surface area contributed by atoms with Crippen LogP contribution in [0.5, 0.6) is 5.75 Å². The lowest BCUT2D eigenvalue weighted by Crippen LogP contribution is -2.22. The third kappa shape index (κ3) is 2.76. The van der Waals surface area contributed by atoms with Gasteiger partial charge in [-0.25, -0.2) is 0 Å². The van der Waals surface area contributed by atoms with E-state index in [0.29, 0.717) is 6.61 Å². The molecule has 0 aromatic heterocycles. The summed E-state index contributed by atoms with van der Waals surface area (Å²) in [6.45, 7) is 2.31. The number of nitrogens with one attached hydrogen (secondary N) is 1. The number of ether oxygens (including phenoxy) is 1. The normalized spacial score (nSPS) is 17.7. The molecule has 2 unspecified atom stereocenters. The fourth-order valence-electron chi connectivity index (χ4n) is 2.51. The largest absolute Gasteiger partial charge is 0.492 e. The zero-order chi connectivity index (χ0) is 14.8. The molecular weight excluding hydrogens is 264 g/mol. The van der Waals surface area contributed by atoms with E-state index in [1.807, 2.05) is 55.5 Å². The Morgan fingerprint density at radius 1 is 1.29 bits per heavy atom. The van der Waals surface area contributed by atoms with Crippen molar-refractivity contribution in [2.75, 3.05) is 11.9 Å². The molecule has 2 aromatic rings. The van der Waals surface area contributed by atoms with E-state index in [0.717, 1.165) is 22.6 Å². The summed E-state index contributed by atoms with van der Waals surface area (Å²) in [5, 5.41) is 2.95. The number of anilines is 1. The maximum Gasteiger partial charge on any atom is 0.235 e. The van der Waals surface area contributed by atoms with Gasteiger partial charge < -0.3 is 15.8 Å². The average Bonchev–Trinajstić information content (AvgIpc) is 2.91. The van der Waals surface area contributed by atoms with E-state index < -0.39 is 0 Å². The second-order valence-corrected chi connectivity index (χ2v) is 5.30. The molecule has 0 saturated carbocycles. The van der Waals surface area contributed by atoms with Crippen LogP contribution in [0.1, 0.15) is 30.0 Å². The Bertz CT molecular complexity index is 667. The lowest BCUT2D eigenvalue weighted by atomic mass is 10.0. The van der Waals surface area contributed by atoms with Gasteiger partial charge in [-0.1, -0.05) is 30.3 Å². The highest BCUT2D eigenvalue weighted by Gasteiger charge is 2.29. The molecule has 1 heterocycles. The molecular formula is C17H18N2O2. The molecule has 0 aliphatic carbocycles. The molecule has 4 heteroatoms. The van der Waals surface area contributed by atoms with Gasteiger partial charge in [-0.05, 0) is 30.7 Å². The summed E-state index contributed by atoms with van der Waals surface area (Å²) in [5.74, 6) is 0.476. The van der Waals surface area contributed by atoms with Crippen LogP contribution in [0.2, 0.25) is 0 Å². The molecule has 1 aliphatic heterocycles. The first-order valence-corrected chi connectivity index (χ1v) is 7.03. The second-order valence-electron chi connectivity index (χ2n) is 5.30. The van der Waals surface area contributed by atoms with Crippen molar-refractivity contribution in [3.63, 3.8) is 0 Å². The zero-order valence-corrected chi connectivity index (χ0v) is 11.9. The molecule has 0 spiro atoms. The monoisotopic (exact) mass is 282 g/mol. The van der Waals surface area contributed by atoms with E-state index in [1.54, 1.807) is 0 Å². The lowest BCUT2D eigenvalue weighted by Gasteiger charge is -2.12. The van der Waals surface area contributed by atoms with Gasteiger partial charge in [0.25, 0.3) is 0 Å². The van der Waals surface area contributed by atoms with Crippen molar-refractivity contribution in [3.05, 3.63) is 59.7 Å². The average molecular weight is 282 g/mol. The number of benzene rings is 2. The lowest BCUT2D eigenvalue weighted by molar-refractivity contribution is -0.117. The number of nitrogens with two attached hydrogens (primary N) is 1. The minimum Gasteiger partial charge on any atom is -0.492 e. The fourth-order valence-corrected chi connectivity index (χ4v) is 2.51. The molecule has 0 bridgehead atoms. The van der Waals surface area contributed by atoms with Crippen molar-refractivity contribution in [2.24, 2.45) is 5.73 Å². The summed E-state index contributed by atoms with van der Waals surface area (Å²) in [4.78, 5) is 12.4. The van der Waals surface area contributed by atoms with E-state index in [9.17, 15) is 4.79 Å². The summed E-state index contributed by atoms with van der Waals surface area (Å²) in [6, 6.07) is 15.2. The van der Waals surface area contributed by atoms with E-state index in [-0.39, 0.29) is 17.9 Å². The number of hydrogen-bond donors (Lipinski definition) is 2. The van der Waals surface area contributed by atoms with Crippen molar-refractivity contribution in [3.8, 4) is 5.75 Å². The smallest absolute Gasteiger partial charge is 0.235 e. The standard InChI is InChI=1S/C17H18N2O2/c1-11(18)12-5-4-6-13(9-12)19-17(20)15-10-21-16-8-3-2-7-14(15)16/h2-9,11,15H,10,18H2,1H3,(H,19,20). The first-order valence-electron chi connectivity index (χ1n) is 7.03. The van der Waals surface area contributed by atoms with E-state index in [2.05, 4.69) is 5.32 Å². The fraction of sp³-hybridized carbons (Fsp3) is 0.235. The van der Waals surface area contributed by atoms with Gasteiger partial charge in [-0.2, -0.15) is 0 Å². The van der Waals surface area contributed by atoms with Crippen LogP contribution in [0, 0.1) is 0 Å². The molecule has 108 valence electrons. The van der Waals surface area contributed by atoms with Crippen LogP contribution in [0.15, 0.2) is 48.5 Å². The molecule has 0 fully saturated rings. The van der Waals surface area contributed by atoms with Crippen LogP contribution in [0.3, 0.4) is 0 Å². The first-order chi connectivity index (χ1) is 10.1. The predicted octanol–water partition coefficient (Wildman–Crippen LogP) is 2.82. The van der Waals surface area contributed by atoms with Gasteiger partial charge in [-0.3, -0.25) is 4.79 Å². The molecule has 1 amide bonds. The van der Waals surface area contributed by atoms with Gasteiger partial charge in [0, 0.05) is 17.3 Å². The van der Waals surface area contributed by atoms with Crippen molar-refractivity contribution in [1.82, 2.24) is 0 Å². The van der Waals surface area contributed by atoms with Crippen molar-refractivity contribution in [1.29, 1.82) is 0 Å². The van der Waals surface area contributed by atoms with Crippen LogP contribution < -0.4 is 15.8 Å². The van der Waals surface area contributed by atoms with Crippen LogP contribution in [0.25, 0.3) is 0 Å². The Balaban J connectivity index is 1.77. The summed E-state index contributed by atoms with van der Waals surface area (Å²) in [7, 11) is 0. The number of rotatable bonds is 3. The van der Waals surface area contributed by atoms with E-state index in [4.69, 9.17) is 10.5 Å². The number of carbonyl (C=O) groups is 1. The minimum absolute atomic E-state index is 0.0539. The van der Waals surface area contributed by atoms with Crippen molar-refractivity contribution < 1.29 is 9.53 Å². The molecule has 1 aliphatic rings. The first kappa shape index (κ1) is 13.6. The van der Waals surface area contributed by atoms with E-state index >= 15 is 0 Å². The maximum absolute atomic E-state index is 12.4. The second kappa shape index (κ2) is 5.58. The third-order valence-electron chi connectivity index (χ3n) is 3.70. The summed E-state index contributed by atoms with van der Waals surface area (Å²) < 4.78 is 5.55. The highest BCUT2D eigenvalue weighted by Crippen LogP contribution is 2.34. The Labute approximate surface area is 123 Å². The van der Waals surface area contributed by atoms with Crippen molar-refractivity contribution >= 4 is 11.6 Å². The quantitative estimate of drug-likeness (QED) is 0.909. The van der Waals surface area contributed by atoms with Crippen LogP contribution in [0.4, 0.5) is 5.69 Å². The summed E-state index contributed by atoms with van der Waals surface area (Å²) in [5.41, 5.74) is 8.57. The molecule has 2 aromatic carbocycles. The Hall–Kier alpha value is -2.33. The SMILES string of the molecule is CC(N)c1cccc(NC(=O)C2COc3ccccc32)c1. The summed E-state index contributed by atoms with van der Waals surface area (Å²) in [6.07, 6.45) is 0. The van der Waals surface area contributed by atoms with Crippen LogP contribution >= 0.6 is 0 Å². The van der Waals surface area contributed by atoms with Gasteiger partial charge >= 0.3 is 0 Å². The van der Waals surface area contributed by atoms with Gasteiger partial charge in [0.15, 0.2) is 0 Å². The highest BCUT2D eigenvalue weighted by molar-refractivity contribution is 5.97. The molecule has 3 N–H and O–H groups in total. The van der Waals surface area contributed by atoms with E-state index in [1.165, 1.54) is 0 Å². The number of para-hydroxylation sites is 1. The Morgan fingerprint density at radius 3 is 2.90 bits per heavy atom. The van der Waals surface area contributed by atoms with Gasteiger partial charge in [-0.15, -0.1) is 0 Å². The molecule has 3 rings (SSSR count). The number of fused-ring (bicyclic) bond motifs is 1. The number of carbonyl (C=O) groups excluding carboxylic acids is 1.